The first kappa shape index (κ1) is 16.5. The number of likely N-dealkylation sites (tertiary alicyclic amines) is 1. The molecule has 4 heterocycles. The van der Waals surface area contributed by atoms with Gasteiger partial charge in [-0.05, 0) is 44.5 Å². The van der Waals surface area contributed by atoms with E-state index >= 15 is 0 Å². The molecule has 3 aromatic heterocycles. The number of aryl methyl sites for hydroxylation is 2. The quantitative estimate of drug-likeness (QED) is 0.759. The largest absolute Gasteiger partial charge is 0.360 e. The Balaban J connectivity index is 1.54. The monoisotopic (exact) mass is 356 g/mol. The molecule has 0 aliphatic carbocycles. The number of hydrogen-bond donors (Lipinski definition) is 1. The summed E-state index contributed by atoms with van der Waals surface area (Å²) in [5, 5.41) is 8.96. The molecule has 132 valence electrons. The number of thiazole rings is 1. The molecule has 6 nitrogen and oxygen atoms in total. The van der Waals surface area contributed by atoms with Gasteiger partial charge in [-0.25, -0.2) is 9.67 Å². The van der Waals surface area contributed by atoms with E-state index in [1.54, 1.807) is 11.3 Å². The van der Waals surface area contributed by atoms with Crippen molar-refractivity contribution >= 4 is 26.8 Å². The van der Waals surface area contributed by atoms with Crippen LogP contribution in [-0.4, -0.2) is 44.3 Å². The molecule has 0 unspecified atom stereocenters. The van der Waals surface area contributed by atoms with Crippen LogP contribution >= 0.6 is 11.3 Å². The number of aromatic nitrogens is 4. The van der Waals surface area contributed by atoms with Gasteiger partial charge < -0.3 is 5.32 Å². The summed E-state index contributed by atoms with van der Waals surface area (Å²) in [6, 6.07) is 4.54. The van der Waals surface area contributed by atoms with Gasteiger partial charge in [-0.15, -0.1) is 0 Å². The van der Waals surface area contributed by atoms with Gasteiger partial charge >= 0.3 is 0 Å². The summed E-state index contributed by atoms with van der Waals surface area (Å²) in [5.41, 5.74) is 3.28. The SMILES string of the molecule is Cc1nn(C)c2nc(NC[C@@H](c3cccnc3)N3CCCCC3)sc12. The van der Waals surface area contributed by atoms with E-state index in [9.17, 15) is 0 Å². The highest BCUT2D eigenvalue weighted by Crippen LogP contribution is 2.30. The van der Waals surface area contributed by atoms with Crippen LogP contribution in [-0.2, 0) is 7.05 Å². The van der Waals surface area contributed by atoms with Crippen molar-refractivity contribution < 1.29 is 0 Å². The first-order chi connectivity index (χ1) is 12.2. The number of pyridine rings is 1. The van der Waals surface area contributed by atoms with E-state index in [4.69, 9.17) is 4.98 Å². The molecule has 0 radical (unpaired) electrons. The van der Waals surface area contributed by atoms with Crippen molar-refractivity contribution in [2.24, 2.45) is 7.05 Å². The molecule has 3 aromatic rings. The van der Waals surface area contributed by atoms with Crippen LogP contribution in [0.5, 0.6) is 0 Å². The average molecular weight is 356 g/mol. The molecule has 25 heavy (non-hydrogen) atoms. The lowest BCUT2D eigenvalue weighted by Crippen LogP contribution is -2.37. The van der Waals surface area contributed by atoms with Gasteiger partial charge in [0.25, 0.3) is 0 Å². The van der Waals surface area contributed by atoms with Crippen molar-refractivity contribution in [3.63, 3.8) is 0 Å². The Morgan fingerprint density at radius 3 is 2.84 bits per heavy atom. The fourth-order valence-corrected chi connectivity index (χ4v) is 4.54. The molecule has 0 spiro atoms. The van der Waals surface area contributed by atoms with Gasteiger partial charge in [-0.2, -0.15) is 5.10 Å². The zero-order valence-electron chi connectivity index (χ0n) is 14.8. The zero-order valence-corrected chi connectivity index (χ0v) is 15.6. The van der Waals surface area contributed by atoms with Crippen LogP contribution < -0.4 is 5.32 Å². The summed E-state index contributed by atoms with van der Waals surface area (Å²) in [6.45, 7) is 5.20. The van der Waals surface area contributed by atoms with Gasteiger partial charge in [-0.3, -0.25) is 9.88 Å². The van der Waals surface area contributed by atoms with Crippen molar-refractivity contribution in [1.82, 2.24) is 24.6 Å². The summed E-state index contributed by atoms with van der Waals surface area (Å²) in [4.78, 5) is 11.6. The van der Waals surface area contributed by atoms with E-state index in [0.29, 0.717) is 6.04 Å². The molecule has 1 aliphatic heterocycles. The van der Waals surface area contributed by atoms with Crippen LogP contribution in [0.25, 0.3) is 10.3 Å². The maximum atomic E-state index is 4.72. The van der Waals surface area contributed by atoms with Crippen LogP contribution in [0.4, 0.5) is 5.13 Å². The predicted molar refractivity (Wildman–Crippen MR) is 102 cm³/mol. The van der Waals surface area contributed by atoms with Crippen LogP contribution in [0.3, 0.4) is 0 Å². The summed E-state index contributed by atoms with van der Waals surface area (Å²) in [6.07, 6.45) is 7.74. The summed E-state index contributed by atoms with van der Waals surface area (Å²) in [7, 11) is 1.95. The van der Waals surface area contributed by atoms with E-state index < -0.39 is 0 Å². The van der Waals surface area contributed by atoms with Gasteiger partial charge in [0.15, 0.2) is 10.8 Å². The highest BCUT2D eigenvalue weighted by atomic mass is 32.1. The number of piperidine rings is 1. The Labute approximate surface area is 151 Å². The minimum atomic E-state index is 0.334. The number of hydrogen-bond acceptors (Lipinski definition) is 6. The Morgan fingerprint density at radius 2 is 2.12 bits per heavy atom. The molecule has 1 N–H and O–H groups in total. The summed E-state index contributed by atoms with van der Waals surface area (Å²) >= 11 is 1.69. The van der Waals surface area contributed by atoms with E-state index in [-0.39, 0.29) is 0 Å². The Bertz CT molecular complexity index is 799. The van der Waals surface area contributed by atoms with E-state index in [1.165, 1.54) is 29.5 Å². The van der Waals surface area contributed by atoms with Crippen molar-refractivity contribution in [1.29, 1.82) is 0 Å². The lowest BCUT2D eigenvalue weighted by Gasteiger charge is -2.34. The number of rotatable bonds is 5. The van der Waals surface area contributed by atoms with Crippen molar-refractivity contribution in [2.75, 3.05) is 25.0 Å². The molecule has 0 amide bonds. The van der Waals surface area contributed by atoms with Crippen molar-refractivity contribution in [3.05, 3.63) is 35.8 Å². The number of nitrogens with zero attached hydrogens (tertiary/aromatic N) is 5. The molecule has 0 saturated carbocycles. The third kappa shape index (κ3) is 3.39. The van der Waals surface area contributed by atoms with E-state index in [1.807, 2.05) is 37.1 Å². The molecule has 1 saturated heterocycles. The lowest BCUT2D eigenvalue weighted by atomic mass is 10.0. The minimum Gasteiger partial charge on any atom is -0.360 e. The molecular formula is C18H24N6S. The highest BCUT2D eigenvalue weighted by Gasteiger charge is 2.23. The van der Waals surface area contributed by atoms with Gasteiger partial charge in [0.05, 0.1) is 16.4 Å². The van der Waals surface area contributed by atoms with Crippen LogP contribution in [0.15, 0.2) is 24.5 Å². The normalized spacial score (nSPS) is 17.0. The summed E-state index contributed by atoms with van der Waals surface area (Å²) < 4.78 is 3.02. The average Bonchev–Trinajstić information content (AvgIpc) is 3.18. The predicted octanol–water partition coefficient (Wildman–Crippen LogP) is 3.37. The zero-order chi connectivity index (χ0) is 17.2. The molecule has 4 rings (SSSR count). The first-order valence-electron chi connectivity index (χ1n) is 8.90. The third-order valence-corrected chi connectivity index (χ3v) is 6.00. The van der Waals surface area contributed by atoms with Gasteiger partial charge in [0.2, 0.25) is 0 Å². The topological polar surface area (TPSA) is 58.9 Å². The second-order valence-electron chi connectivity index (χ2n) is 6.66. The fourth-order valence-electron chi connectivity index (χ4n) is 3.61. The molecular weight excluding hydrogens is 332 g/mol. The molecule has 1 atom stereocenters. The lowest BCUT2D eigenvalue weighted by molar-refractivity contribution is 0.170. The van der Waals surface area contributed by atoms with Crippen molar-refractivity contribution in [3.8, 4) is 0 Å². The standard InChI is InChI=1S/C18H24N6S/c1-13-16-17(23(2)22-13)21-18(25-16)20-12-15(14-7-6-8-19-11-14)24-9-4-3-5-10-24/h6-8,11,15H,3-5,9-10,12H2,1-2H3,(H,20,21)/t15-/m0/s1. The van der Waals surface area contributed by atoms with Crippen LogP contribution in [0.1, 0.15) is 36.6 Å². The summed E-state index contributed by atoms with van der Waals surface area (Å²) in [5.74, 6) is 0. The van der Waals surface area contributed by atoms with Crippen LogP contribution in [0.2, 0.25) is 0 Å². The van der Waals surface area contributed by atoms with Crippen LogP contribution in [0, 0.1) is 6.92 Å². The van der Waals surface area contributed by atoms with Gasteiger partial charge in [-0.1, -0.05) is 23.8 Å². The smallest absolute Gasteiger partial charge is 0.185 e. The molecule has 0 aromatic carbocycles. The van der Waals surface area contributed by atoms with Crippen molar-refractivity contribution in [2.45, 2.75) is 32.2 Å². The molecule has 1 fully saturated rings. The molecule has 1 aliphatic rings. The number of fused-ring (bicyclic) bond motifs is 1. The Kier molecular flexibility index (Phi) is 4.67. The van der Waals surface area contributed by atoms with Gasteiger partial charge in [0, 0.05) is 26.0 Å². The fraction of sp³-hybridized carbons (Fsp3) is 0.500. The second kappa shape index (κ2) is 7.09. The maximum Gasteiger partial charge on any atom is 0.185 e. The number of nitrogens with one attached hydrogen (secondary N) is 1. The third-order valence-electron chi connectivity index (χ3n) is 4.89. The highest BCUT2D eigenvalue weighted by molar-refractivity contribution is 7.22. The minimum absolute atomic E-state index is 0.334. The van der Waals surface area contributed by atoms with E-state index in [0.717, 1.165) is 36.1 Å². The molecule has 0 bridgehead atoms. The van der Waals surface area contributed by atoms with Gasteiger partial charge in [0.1, 0.15) is 0 Å². The second-order valence-corrected chi connectivity index (χ2v) is 7.66. The first-order valence-corrected chi connectivity index (χ1v) is 9.72. The molecule has 7 heteroatoms. The number of anilines is 1. The Morgan fingerprint density at radius 1 is 1.28 bits per heavy atom. The maximum absolute atomic E-state index is 4.72. The Hall–Kier alpha value is -1.99. The van der Waals surface area contributed by atoms with E-state index in [2.05, 4.69) is 26.4 Å².